The number of nitrogens with two attached hydrogens (primary N) is 1. The van der Waals surface area contributed by atoms with Gasteiger partial charge in [-0.05, 0) is 100 Å². The van der Waals surface area contributed by atoms with E-state index in [0.29, 0.717) is 42.6 Å². The summed E-state index contributed by atoms with van der Waals surface area (Å²) >= 11 is 0. The molecule has 1 heterocycles. The number of aliphatic hydroxyl groups excluding tert-OH is 1. The van der Waals surface area contributed by atoms with Crippen molar-refractivity contribution in [2.24, 2.45) is 35.3 Å². The molecule has 0 spiro atoms. The van der Waals surface area contributed by atoms with Gasteiger partial charge in [0.2, 0.25) is 35.4 Å². The number of aliphatic hydroxyl groups is 1. The number of primary amides is 1. The van der Waals surface area contributed by atoms with Gasteiger partial charge in [0, 0.05) is 47.1 Å². The Morgan fingerprint density at radius 2 is 1.37 bits per heavy atom. The first-order valence-electron chi connectivity index (χ1n) is 30.4. The standard InChI is InChI=1S/C63H102N10O14/c1-18-39(8)52(47(84-16)34-48(74)73-33-23-27-46(73)54(85-17)40(9)55(76)66-41(10)53(75)43-24-20-19-21-25-43)71(14)59(80)50(37(4)5)69-58(79)51(38(6)7)72(15)62(83)86-35-42-28-30-44(31-29-42)67-56(77)45(26-22-32-65-60(64)81)68-57(78)49(36(2)3)70-61(82)87-63(11,12)13/h19-21,24-25,28-31,36-41,45-47,49-54,75H,18,22-23,26-27,32-35H2,1-17H3,(H,66,76)(H,67,77)(H,68,78)(H,69,79)(H,70,82)(H3,64,65,81)/t39-,40+,41+,45+,46-,47+,49+,50?,51-,52-,53+,54+/m1/s1. The van der Waals surface area contributed by atoms with E-state index in [1.807, 2.05) is 32.0 Å². The van der Waals surface area contributed by atoms with E-state index in [2.05, 4.69) is 31.9 Å². The summed E-state index contributed by atoms with van der Waals surface area (Å²) in [4.78, 5) is 127. The molecule has 1 aliphatic rings. The van der Waals surface area contributed by atoms with Gasteiger partial charge in [0.1, 0.15) is 36.4 Å². The molecule has 0 aromatic heterocycles. The fraction of sp³-hybridized carbons (Fsp3) is 0.667. The number of carbonyl (C=O) groups is 9. The number of likely N-dealkylation sites (N-methyl/N-ethyl adjacent to an activating group) is 2. The largest absolute Gasteiger partial charge is 0.445 e. The third-order valence-corrected chi connectivity index (χ3v) is 15.9. The monoisotopic (exact) mass is 1220 g/mol. The number of benzene rings is 2. The molecule has 0 saturated carbocycles. The van der Waals surface area contributed by atoms with Crippen LogP contribution in [0.3, 0.4) is 0 Å². The van der Waals surface area contributed by atoms with Crippen LogP contribution in [0.5, 0.6) is 0 Å². The van der Waals surface area contributed by atoms with E-state index in [1.54, 1.807) is 129 Å². The zero-order valence-electron chi connectivity index (χ0n) is 54.4. The molecule has 24 heteroatoms. The van der Waals surface area contributed by atoms with Crippen LogP contribution in [-0.4, -0.2) is 175 Å². The van der Waals surface area contributed by atoms with Crippen molar-refractivity contribution in [3.05, 3.63) is 65.7 Å². The van der Waals surface area contributed by atoms with Crippen molar-refractivity contribution >= 4 is 59.3 Å². The highest BCUT2D eigenvalue weighted by Gasteiger charge is 2.44. The molecule has 9 N–H and O–H groups in total. The van der Waals surface area contributed by atoms with Gasteiger partial charge in [0.05, 0.1) is 48.8 Å². The SMILES string of the molecule is CC[C@@H](C)[C@H]([C@H](CC(=O)N1CCC[C@@H]1[C@@H](OC)[C@H](C)C(=O)N[C@@H](C)[C@H](O)c1ccccc1)OC)N(C)C(=O)C(NC(=O)[C@@H](C(C)C)N(C)C(=O)OCc1ccc(NC(=O)[C@H](CCCNC(N)=O)NC(=O)[C@@H](NC(=O)OC(C)(C)C)C(C)C)cc1)C(C)C. The molecule has 1 aliphatic heterocycles. The third kappa shape index (κ3) is 22.6. The molecule has 488 valence electrons. The van der Waals surface area contributed by atoms with Gasteiger partial charge in [0.15, 0.2) is 0 Å². The lowest BCUT2D eigenvalue weighted by molar-refractivity contribution is -0.148. The van der Waals surface area contributed by atoms with Crippen LogP contribution in [0.1, 0.15) is 146 Å². The Balaban J connectivity index is 1.71. The maximum absolute atomic E-state index is 14.8. The lowest BCUT2D eigenvalue weighted by Crippen LogP contribution is -2.60. The van der Waals surface area contributed by atoms with E-state index in [-0.39, 0.29) is 56.1 Å². The number of anilines is 1. The van der Waals surface area contributed by atoms with Gasteiger partial charge in [-0.3, -0.25) is 33.7 Å². The quantitative estimate of drug-likeness (QED) is 0.0390. The molecule has 2 aromatic rings. The number of ether oxygens (including phenoxy) is 4. The van der Waals surface area contributed by atoms with Gasteiger partial charge in [0.25, 0.3) is 0 Å². The molecule has 24 nitrogen and oxygen atoms in total. The van der Waals surface area contributed by atoms with E-state index in [0.717, 1.165) is 0 Å². The molecule has 1 fully saturated rings. The van der Waals surface area contributed by atoms with Crippen molar-refractivity contribution in [1.82, 2.24) is 41.3 Å². The number of nitrogens with zero attached hydrogens (tertiary/aromatic N) is 3. The summed E-state index contributed by atoms with van der Waals surface area (Å²) in [5.41, 5.74) is 5.95. The number of hydrogen-bond donors (Lipinski definition) is 8. The fourth-order valence-electron chi connectivity index (χ4n) is 10.9. The summed E-state index contributed by atoms with van der Waals surface area (Å²) in [7, 11) is 6.10. The van der Waals surface area contributed by atoms with Crippen LogP contribution in [0.4, 0.5) is 20.1 Å². The van der Waals surface area contributed by atoms with Gasteiger partial charge < -0.3 is 71.5 Å². The molecule has 1 saturated heterocycles. The number of alkyl carbamates (subject to hydrolysis) is 1. The molecule has 87 heavy (non-hydrogen) atoms. The first-order chi connectivity index (χ1) is 40.8. The van der Waals surface area contributed by atoms with Crippen LogP contribution in [-0.2, 0) is 54.3 Å². The van der Waals surface area contributed by atoms with Gasteiger partial charge >= 0.3 is 18.2 Å². The highest BCUT2D eigenvalue weighted by Crippen LogP contribution is 2.30. The van der Waals surface area contributed by atoms with Gasteiger partial charge in [-0.2, -0.15) is 0 Å². The number of hydrogen-bond acceptors (Lipinski definition) is 14. The van der Waals surface area contributed by atoms with Gasteiger partial charge in [-0.25, -0.2) is 14.4 Å². The predicted octanol–water partition coefficient (Wildman–Crippen LogP) is 6.00. The molecule has 1 unspecified atom stereocenters. The second-order valence-corrected chi connectivity index (χ2v) is 24.9. The minimum absolute atomic E-state index is 0.0851. The van der Waals surface area contributed by atoms with Gasteiger partial charge in [-0.1, -0.05) is 111 Å². The average molecular weight is 1220 g/mol. The zero-order valence-corrected chi connectivity index (χ0v) is 54.4. The number of likely N-dealkylation sites (tertiary alicyclic amines) is 1. The third-order valence-electron chi connectivity index (χ3n) is 15.9. The summed E-state index contributed by atoms with van der Waals surface area (Å²) in [6, 6.07) is 8.81. The fourth-order valence-corrected chi connectivity index (χ4v) is 10.9. The van der Waals surface area contributed by atoms with E-state index in [9.17, 15) is 48.3 Å². The second-order valence-electron chi connectivity index (χ2n) is 24.9. The molecule has 0 aliphatic carbocycles. The number of rotatable bonds is 32. The van der Waals surface area contributed by atoms with Crippen molar-refractivity contribution in [1.29, 1.82) is 0 Å². The highest BCUT2D eigenvalue weighted by atomic mass is 16.6. The number of nitrogens with one attached hydrogen (secondary N) is 6. The number of carbonyl (C=O) groups excluding carboxylic acids is 9. The van der Waals surface area contributed by atoms with E-state index in [1.165, 1.54) is 26.2 Å². The lowest BCUT2D eigenvalue weighted by atomic mass is 9.89. The zero-order chi connectivity index (χ0) is 65.6. The highest BCUT2D eigenvalue weighted by molar-refractivity contribution is 5.98. The molecular weight excluding hydrogens is 1120 g/mol. The van der Waals surface area contributed by atoms with Crippen LogP contribution in [0.2, 0.25) is 0 Å². The van der Waals surface area contributed by atoms with Crippen molar-refractivity contribution in [2.45, 2.75) is 201 Å². The lowest BCUT2D eigenvalue weighted by Gasteiger charge is -2.41. The van der Waals surface area contributed by atoms with E-state index < -0.39 is 126 Å². The van der Waals surface area contributed by atoms with Crippen LogP contribution in [0.25, 0.3) is 0 Å². The van der Waals surface area contributed by atoms with Crippen molar-refractivity contribution in [3.63, 3.8) is 0 Å². The van der Waals surface area contributed by atoms with Crippen LogP contribution in [0.15, 0.2) is 54.6 Å². The molecule has 10 amide bonds. The van der Waals surface area contributed by atoms with Crippen molar-refractivity contribution in [3.8, 4) is 0 Å². The maximum Gasteiger partial charge on any atom is 0.410 e. The molecule has 2 aromatic carbocycles. The van der Waals surface area contributed by atoms with Crippen molar-refractivity contribution < 1.29 is 67.2 Å². The average Bonchev–Trinajstić information content (AvgIpc) is 2.33. The minimum Gasteiger partial charge on any atom is -0.445 e. The molecule has 0 bridgehead atoms. The normalized spacial score (nSPS) is 17.2. The Labute approximate surface area is 515 Å². The van der Waals surface area contributed by atoms with Gasteiger partial charge in [-0.15, -0.1) is 0 Å². The molecule has 3 rings (SSSR count). The topological polar surface area (TPSA) is 319 Å². The first-order valence-corrected chi connectivity index (χ1v) is 30.4. The minimum atomic E-state index is -1.10. The Bertz CT molecular complexity index is 2570. The summed E-state index contributed by atoms with van der Waals surface area (Å²) in [5.74, 6) is -4.83. The summed E-state index contributed by atoms with van der Waals surface area (Å²) in [5, 5.41) is 27.4. The molecule has 12 atom stereocenters. The van der Waals surface area contributed by atoms with Crippen LogP contribution < -0.4 is 37.6 Å². The predicted molar refractivity (Wildman–Crippen MR) is 330 cm³/mol. The maximum atomic E-state index is 14.8. The Morgan fingerprint density at radius 3 is 1.91 bits per heavy atom. The molecular formula is C63H102N10O14. The molecule has 0 radical (unpaired) electrons. The summed E-state index contributed by atoms with van der Waals surface area (Å²) in [6.45, 7) is 23.5. The first kappa shape index (κ1) is 74.2. The van der Waals surface area contributed by atoms with Crippen LogP contribution in [0, 0.1) is 29.6 Å². The van der Waals surface area contributed by atoms with E-state index >= 15 is 0 Å². The Morgan fingerprint density at radius 1 is 0.747 bits per heavy atom. The Hall–Kier alpha value is -7.05. The number of urea groups is 1. The number of methoxy groups -OCH3 is 2. The van der Waals surface area contributed by atoms with E-state index in [4.69, 9.17) is 24.7 Å². The Kier molecular flexibility index (Phi) is 29.9. The summed E-state index contributed by atoms with van der Waals surface area (Å²) in [6.07, 6.45) is -1.79. The smallest absolute Gasteiger partial charge is 0.410 e. The second kappa shape index (κ2) is 35.1. The van der Waals surface area contributed by atoms with Crippen molar-refractivity contribution in [2.75, 3.05) is 46.7 Å². The number of amides is 10. The summed E-state index contributed by atoms with van der Waals surface area (Å²) < 4.78 is 23.1. The van der Waals surface area contributed by atoms with Crippen LogP contribution >= 0.6 is 0 Å².